The Kier molecular flexibility index (Phi) is 7.22. The molecule has 1 heterocycles. The molecule has 4 rings (SSSR count). The monoisotopic (exact) mass is 455 g/mol. The van der Waals surface area contributed by atoms with Crippen molar-refractivity contribution in [2.45, 2.75) is 19.4 Å². The minimum atomic E-state index is -0.110. The second kappa shape index (κ2) is 10.7. The van der Waals surface area contributed by atoms with Gasteiger partial charge in [-0.2, -0.15) is 9.67 Å². The lowest BCUT2D eigenvalue weighted by atomic mass is 10.1. The van der Waals surface area contributed by atoms with Crippen molar-refractivity contribution in [1.29, 1.82) is 0 Å². The summed E-state index contributed by atoms with van der Waals surface area (Å²) in [5.41, 5.74) is 4.14. The van der Waals surface area contributed by atoms with Gasteiger partial charge in [-0.05, 0) is 53.9 Å². The summed E-state index contributed by atoms with van der Waals surface area (Å²) in [5, 5.41) is 7.84. The second-order valence-electron chi connectivity index (χ2n) is 8.19. The summed E-state index contributed by atoms with van der Waals surface area (Å²) in [6, 6.07) is 25.7. The van der Waals surface area contributed by atoms with E-state index in [0.717, 1.165) is 28.1 Å². The van der Waals surface area contributed by atoms with Gasteiger partial charge in [-0.25, -0.2) is 0 Å². The molecule has 0 saturated carbocycles. The number of hydrogen-bond donors (Lipinski definition) is 1. The molecule has 0 aliphatic heterocycles. The van der Waals surface area contributed by atoms with Gasteiger partial charge in [0.1, 0.15) is 5.75 Å². The van der Waals surface area contributed by atoms with Crippen LogP contribution in [0.15, 0.2) is 78.9 Å². The normalized spacial score (nSPS) is 10.7. The van der Waals surface area contributed by atoms with Gasteiger partial charge in [0.25, 0.3) is 0 Å². The van der Waals surface area contributed by atoms with E-state index in [-0.39, 0.29) is 5.91 Å². The molecule has 0 spiro atoms. The number of aromatic nitrogens is 3. The molecule has 0 aliphatic rings. The van der Waals surface area contributed by atoms with Crippen LogP contribution in [0.4, 0.5) is 11.6 Å². The molecule has 7 heteroatoms. The molecule has 174 valence electrons. The van der Waals surface area contributed by atoms with E-state index in [4.69, 9.17) is 4.74 Å². The van der Waals surface area contributed by atoms with Crippen molar-refractivity contribution in [2.75, 3.05) is 31.4 Å². The van der Waals surface area contributed by atoms with Crippen LogP contribution >= 0.6 is 0 Å². The molecule has 0 fully saturated rings. The third kappa shape index (κ3) is 5.61. The number of nitrogens with zero attached hydrogens (tertiary/aromatic N) is 4. The van der Waals surface area contributed by atoms with Crippen LogP contribution in [-0.4, -0.2) is 41.9 Å². The number of carbonyl (C=O) groups is 1. The summed E-state index contributed by atoms with van der Waals surface area (Å²) in [6.07, 6.45) is 0.977. The van der Waals surface area contributed by atoms with Gasteiger partial charge in [-0.1, -0.05) is 42.5 Å². The Morgan fingerprint density at radius 2 is 1.65 bits per heavy atom. The molecule has 0 amide bonds. The first-order valence-corrected chi connectivity index (χ1v) is 11.2. The lowest BCUT2D eigenvalue weighted by Crippen LogP contribution is -2.17. The lowest BCUT2D eigenvalue weighted by Gasteiger charge is -2.13. The van der Waals surface area contributed by atoms with Crippen LogP contribution in [0.1, 0.15) is 22.3 Å². The van der Waals surface area contributed by atoms with Gasteiger partial charge >= 0.3 is 0 Å². The third-order valence-electron chi connectivity index (χ3n) is 5.57. The van der Waals surface area contributed by atoms with Crippen molar-refractivity contribution in [2.24, 2.45) is 0 Å². The van der Waals surface area contributed by atoms with Crippen LogP contribution < -0.4 is 15.0 Å². The van der Waals surface area contributed by atoms with E-state index in [9.17, 15) is 4.79 Å². The highest BCUT2D eigenvalue weighted by Gasteiger charge is 2.17. The van der Waals surface area contributed by atoms with Crippen LogP contribution in [0.3, 0.4) is 0 Å². The van der Waals surface area contributed by atoms with E-state index in [1.54, 1.807) is 7.11 Å². The quantitative estimate of drug-likeness (QED) is 0.387. The summed E-state index contributed by atoms with van der Waals surface area (Å²) in [6.45, 7) is 0.528. The molecular weight excluding hydrogens is 426 g/mol. The Bertz CT molecular complexity index is 1220. The minimum absolute atomic E-state index is 0.110. The number of anilines is 2. The van der Waals surface area contributed by atoms with Gasteiger partial charge in [0.15, 0.2) is 5.82 Å². The molecule has 0 saturated heterocycles. The van der Waals surface area contributed by atoms with E-state index in [1.807, 2.05) is 68.7 Å². The first-order chi connectivity index (χ1) is 16.5. The molecule has 34 heavy (non-hydrogen) atoms. The summed E-state index contributed by atoms with van der Waals surface area (Å²) >= 11 is 0. The molecule has 0 aliphatic carbocycles. The third-order valence-corrected chi connectivity index (χ3v) is 5.57. The van der Waals surface area contributed by atoms with Gasteiger partial charge in [0, 0.05) is 38.3 Å². The highest BCUT2D eigenvalue weighted by atomic mass is 16.5. The number of aryl methyl sites for hydroxylation is 1. The topological polar surface area (TPSA) is 72.3 Å². The zero-order valence-electron chi connectivity index (χ0n) is 19.7. The molecular formula is C27H29N5O2. The summed E-state index contributed by atoms with van der Waals surface area (Å²) in [5.74, 6) is 1.56. The number of ether oxygens (including phenoxy) is 1. The predicted molar refractivity (Wildman–Crippen MR) is 135 cm³/mol. The molecule has 7 nitrogen and oxygen atoms in total. The van der Waals surface area contributed by atoms with Crippen LogP contribution in [0, 0.1) is 0 Å². The highest BCUT2D eigenvalue weighted by Crippen LogP contribution is 2.22. The number of hydrogen-bond acceptors (Lipinski definition) is 6. The Balaban J connectivity index is 1.55. The van der Waals surface area contributed by atoms with Crippen molar-refractivity contribution >= 4 is 17.5 Å². The van der Waals surface area contributed by atoms with Crippen molar-refractivity contribution in [3.63, 3.8) is 0 Å². The summed E-state index contributed by atoms with van der Waals surface area (Å²) < 4.78 is 6.63. The van der Waals surface area contributed by atoms with Gasteiger partial charge in [0.2, 0.25) is 11.9 Å². The standard InChI is InChI=1S/C27H29N5O2/c1-31(2)23-14-9-21(10-15-23)19-28-27-29-26(22-12-16-24(34-3)17-13-22)30-32(27)25(33)18-11-20-7-5-4-6-8-20/h4-10,12-17H,11,18-19H2,1-3H3,(H,28,29,30). The number of nitrogens with one attached hydrogen (secondary N) is 1. The van der Waals surface area contributed by atoms with Gasteiger partial charge in [0.05, 0.1) is 7.11 Å². The Morgan fingerprint density at radius 3 is 2.29 bits per heavy atom. The summed E-state index contributed by atoms with van der Waals surface area (Å²) in [4.78, 5) is 19.8. The largest absolute Gasteiger partial charge is 0.497 e. The predicted octanol–water partition coefficient (Wildman–Crippen LogP) is 4.90. The SMILES string of the molecule is COc1ccc(-c2nc(NCc3ccc(N(C)C)cc3)n(C(=O)CCc3ccccc3)n2)cc1. The molecule has 1 N–H and O–H groups in total. The maximum absolute atomic E-state index is 13.1. The molecule has 0 bridgehead atoms. The minimum Gasteiger partial charge on any atom is -0.497 e. The fourth-order valence-corrected chi connectivity index (χ4v) is 3.56. The van der Waals surface area contributed by atoms with E-state index in [1.165, 1.54) is 4.68 Å². The van der Waals surface area contributed by atoms with Crippen molar-refractivity contribution in [3.05, 3.63) is 90.0 Å². The molecule has 0 atom stereocenters. The number of carbonyl (C=O) groups excluding carboxylic acids is 1. The Morgan fingerprint density at radius 1 is 0.941 bits per heavy atom. The van der Waals surface area contributed by atoms with Gasteiger partial charge < -0.3 is 15.0 Å². The van der Waals surface area contributed by atoms with Crippen LogP contribution in [0.25, 0.3) is 11.4 Å². The fraction of sp³-hybridized carbons (Fsp3) is 0.222. The van der Waals surface area contributed by atoms with Crippen molar-refractivity contribution in [1.82, 2.24) is 14.8 Å². The van der Waals surface area contributed by atoms with Gasteiger partial charge in [-0.15, -0.1) is 5.10 Å². The van der Waals surface area contributed by atoms with Crippen LogP contribution in [0.5, 0.6) is 5.75 Å². The van der Waals surface area contributed by atoms with Crippen molar-refractivity contribution < 1.29 is 9.53 Å². The maximum atomic E-state index is 13.1. The van der Waals surface area contributed by atoms with Crippen LogP contribution in [-0.2, 0) is 13.0 Å². The van der Waals surface area contributed by atoms with E-state index in [0.29, 0.717) is 31.2 Å². The number of rotatable bonds is 9. The molecule has 4 aromatic rings. The first kappa shape index (κ1) is 23.0. The van der Waals surface area contributed by atoms with Gasteiger partial charge in [-0.3, -0.25) is 4.79 Å². The first-order valence-electron chi connectivity index (χ1n) is 11.2. The smallest absolute Gasteiger partial charge is 0.250 e. The van der Waals surface area contributed by atoms with E-state index >= 15 is 0 Å². The molecule has 0 unspecified atom stereocenters. The Hall–Kier alpha value is -4.13. The zero-order valence-corrected chi connectivity index (χ0v) is 19.7. The average molecular weight is 456 g/mol. The zero-order chi connectivity index (χ0) is 23.9. The second-order valence-corrected chi connectivity index (χ2v) is 8.19. The van der Waals surface area contributed by atoms with E-state index < -0.39 is 0 Å². The maximum Gasteiger partial charge on any atom is 0.250 e. The van der Waals surface area contributed by atoms with Crippen molar-refractivity contribution in [3.8, 4) is 17.1 Å². The number of methoxy groups -OCH3 is 1. The summed E-state index contributed by atoms with van der Waals surface area (Å²) in [7, 11) is 5.65. The molecule has 1 aromatic heterocycles. The fourth-order valence-electron chi connectivity index (χ4n) is 3.56. The number of benzene rings is 3. The van der Waals surface area contributed by atoms with E-state index in [2.05, 4.69) is 44.6 Å². The molecule has 0 radical (unpaired) electrons. The highest BCUT2D eigenvalue weighted by molar-refractivity contribution is 5.81. The average Bonchev–Trinajstić information content (AvgIpc) is 3.31. The lowest BCUT2D eigenvalue weighted by molar-refractivity contribution is 0.0890. The van der Waals surface area contributed by atoms with Crippen LogP contribution in [0.2, 0.25) is 0 Å². The molecule has 3 aromatic carbocycles. The Labute approximate surface area is 200 Å².